The maximum Gasteiger partial charge on any atom is 0.0682 e. The number of aromatic nitrogens is 2. The van der Waals surface area contributed by atoms with E-state index in [0.29, 0.717) is 0 Å². The Morgan fingerprint density at radius 3 is 2.88 bits per heavy atom. The molecule has 3 nitrogen and oxygen atoms in total. The fourth-order valence-electron chi connectivity index (χ4n) is 1.81. The molecule has 0 radical (unpaired) electrons. The first-order valence-electron chi connectivity index (χ1n) is 5.60. The molecule has 0 aliphatic rings. The summed E-state index contributed by atoms with van der Waals surface area (Å²) < 4.78 is 1.99. The van der Waals surface area contributed by atoms with Crippen LogP contribution in [0.25, 0.3) is 11.3 Å². The van der Waals surface area contributed by atoms with Crippen molar-refractivity contribution in [1.29, 1.82) is 0 Å². The molecule has 1 heterocycles. The van der Waals surface area contributed by atoms with E-state index < -0.39 is 0 Å². The first-order chi connectivity index (χ1) is 7.72. The quantitative estimate of drug-likeness (QED) is 0.855. The van der Waals surface area contributed by atoms with Gasteiger partial charge in [-0.05, 0) is 31.5 Å². The summed E-state index contributed by atoms with van der Waals surface area (Å²) in [5.74, 6) is 0. The van der Waals surface area contributed by atoms with Gasteiger partial charge in [-0.3, -0.25) is 4.68 Å². The Kier molecular flexibility index (Phi) is 3.06. The Morgan fingerprint density at radius 1 is 1.38 bits per heavy atom. The van der Waals surface area contributed by atoms with Crippen LogP contribution >= 0.6 is 0 Å². The highest BCUT2D eigenvalue weighted by molar-refractivity contribution is 5.60. The summed E-state index contributed by atoms with van der Waals surface area (Å²) in [4.78, 5) is 0. The highest BCUT2D eigenvalue weighted by atomic mass is 15.3. The standard InChI is InChI=1S/C13H17N3/c1-3-16-13(7-8-15-16)12-6-4-5-11(9-12)10(2)14/h4-10H,3,14H2,1-2H3. The number of hydrogen-bond donors (Lipinski definition) is 1. The molecule has 0 bridgehead atoms. The third kappa shape index (κ3) is 1.99. The van der Waals surface area contributed by atoms with E-state index in [9.17, 15) is 0 Å². The molecule has 0 amide bonds. The van der Waals surface area contributed by atoms with Gasteiger partial charge in [0.05, 0.1) is 5.69 Å². The van der Waals surface area contributed by atoms with Gasteiger partial charge in [-0.1, -0.05) is 18.2 Å². The van der Waals surface area contributed by atoms with Crippen LogP contribution in [0.3, 0.4) is 0 Å². The zero-order valence-corrected chi connectivity index (χ0v) is 9.72. The van der Waals surface area contributed by atoms with E-state index in [2.05, 4.69) is 30.2 Å². The molecule has 0 fully saturated rings. The highest BCUT2D eigenvalue weighted by Gasteiger charge is 2.06. The number of benzene rings is 1. The Labute approximate surface area is 95.9 Å². The minimum absolute atomic E-state index is 0.0675. The average Bonchev–Trinajstić information content (AvgIpc) is 2.77. The van der Waals surface area contributed by atoms with E-state index in [-0.39, 0.29) is 6.04 Å². The van der Waals surface area contributed by atoms with Crippen LogP contribution < -0.4 is 5.73 Å². The molecule has 0 aliphatic heterocycles. The molecule has 3 heteroatoms. The summed E-state index contributed by atoms with van der Waals surface area (Å²) >= 11 is 0. The molecule has 0 saturated heterocycles. The van der Waals surface area contributed by atoms with Crippen molar-refractivity contribution >= 4 is 0 Å². The van der Waals surface area contributed by atoms with Gasteiger partial charge in [-0.15, -0.1) is 0 Å². The SMILES string of the molecule is CCn1nccc1-c1cccc(C(C)N)c1. The summed E-state index contributed by atoms with van der Waals surface area (Å²) in [6, 6.07) is 10.4. The van der Waals surface area contributed by atoms with Crippen LogP contribution in [-0.4, -0.2) is 9.78 Å². The summed E-state index contributed by atoms with van der Waals surface area (Å²) in [5, 5.41) is 4.27. The maximum absolute atomic E-state index is 5.88. The van der Waals surface area contributed by atoms with E-state index in [4.69, 9.17) is 5.73 Å². The van der Waals surface area contributed by atoms with Crippen molar-refractivity contribution in [2.24, 2.45) is 5.73 Å². The molecule has 0 spiro atoms. The predicted molar refractivity (Wildman–Crippen MR) is 65.9 cm³/mol. The van der Waals surface area contributed by atoms with E-state index >= 15 is 0 Å². The number of hydrogen-bond acceptors (Lipinski definition) is 2. The lowest BCUT2D eigenvalue weighted by molar-refractivity contribution is 0.667. The van der Waals surface area contributed by atoms with Crippen LogP contribution in [-0.2, 0) is 6.54 Å². The largest absolute Gasteiger partial charge is 0.324 e. The molecule has 16 heavy (non-hydrogen) atoms. The van der Waals surface area contributed by atoms with Crippen molar-refractivity contribution in [1.82, 2.24) is 9.78 Å². The first-order valence-corrected chi connectivity index (χ1v) is 5.60. The highest BCUT2D eigenvalue weighted by Crippen LogP contribution is 2.22. The molecular weight excluding hydrogens is 198 g/mol. The molecule has 0 aliphatic carbocycles. The van der Waals surface area contributed by atoms with E-state index in [1.165, 1.54) is 5.56 Å². The fourth-order valence-corrected chi connectivity index (χ4v) is 1.81. The maximum atomic E-state index is 5.88. The molecule has 1 unspecified atom stereocenters. The van der Waals surface area contributed by atoms with Crippen LogP contribution in [0.5, 0.6) is 0 Å². The van der Waals surface area contributed by atoms with Crippen molar-refractivity contribution in [2.75, 3.05) is 0 Å². The molecule has 0 saturated carbocycles. The minimum Gasteiger partial charge on any atom is -0.324 e. The second-order valence-electron chi connectivity index (χ2n) is 3.95. The van der Waals surface area contributed by atoms with Gasteiger partial charge >= 0.3 is 0 Å². The second kappa shape index (κ2) is 4.49. The fraction of sp³-hybridized carbons (Fsp3) is 0.308. The lowest BCUT2D eigenvalue weighted by Gasteiger charge is -2.09. The average molecular weight is 215 g/mol. The lowest BCUT2D eigenvalue weighted by atomic mass is 10.0. The summed E-state index contributed by atoms with van der Waals surface area (Å²) in [6.45, 7) is 4.97. The lowest BCUT2D eigenvalue weighted by Crippen LogP contribution is -2.05. The first kappa shape index (κ1) is 10.9. The molecule has 2 aromatic rings. The van der Waals surface area contributed by atoms with Gasteiger partial charge in [-0.2, -0.15) is 5.10 Å². The van der Waals surface area contributed by atoms with Gasteiger partial charge in [0, 0.05) is 24.3 Å². The van der Waals surface area contributed by atoms with Crippen molar-refractivity contribution in [3.63, 3.8) is 0 Å². The van der Waals surface area contributed by atoms with Crippen LogP contribution in [0.15, 0.2) is 36.5 Å². The Morgan fingerprint density at radius 2 is 2.19 bits per heavy atom. The minimum atomic E-state index is 0.0675. The van der Waals surface area contributed by atoms with E-state index in [1.54, 1.807) is 0 Å². The number of rotatable bonds is 3. The number of aryl methyl sites for hydroxylation is 1. The smallest absolute Gasteiger partial charge is 0.0682 e. The van der Waals surface area contributed by atoms with Gasteiger partial charge in [0.2, 0.25) is 0 Å². The number of nitrogens with zero attached hydrogens (tertiary/aromatic N) is 2. The van der Waals surface area contributed by atoms with Crippen molar-refractivity contribution in [3.8, 4) is 11.3 Å². The molecule has 1 aromatic heterocycles. The van der Waals surface area contributed by atoms with Crippen molar-refractivity contribution in [3.05, 3.63) is 42.1 Å². The van der Waals surface area contributed by atoms with Gasteiger partial charge in [0.1, 0.15) is 0 Å². The molecular formula is C13H17N3. The topological polar surface area (TPSA) is 43.8 Å². The third-order valence-corrected chi connectivity index (χ3v) is 2.72. The van der Waals surface area contributed by atoms with Gasteiger partial charge in [0.15, 0.2) is 0 Å². The predicted octanol–water partition coefficient (Wildman–Crippen LogP) is 2.59. The third-order valence-electron chi connectivity index (χ3n) is 2.72. The van der Waals surface area contributed by atoms with Crippen LogP contribution in [0.4, 0.5) is 0 Å². The zero-order chi connectivity index (χ0) is 11.5. The Balaban J connectivity index is 2.44. The van der Waals surface area contributed by atoms with Crippen LogP contribution in [0, 0.1) is 0 Å². The summed E-state index contributed by atoms with van der Waals surface area (Å²) in [6.07, 6.45) is 1.83. The van der Waals surface area contributed by atoms with Crippen molar-refractivity contribution < 1.29 is 0 Å². The monoisotopic (exact) mass is 215 g/mol. The Bertz CT molecular complexity index is 472. The molecule has 1 aromatic carbocycles. The van der Waals surface area contributed by atoms with Gasteiger partial charge in [0.25, 0.3) is 0 Å². The molecule has 2 N–H and O–H groups in total. The van der Waals surface area contributed by atoms with Gasteiger partial charge < -0.3 is 5.73 Å². The molecule has 84 valence electrons. The summed E-state index contributed by atoms with van der Waals surface area (Å²) in [7, 11) is 0. The zero-order valence-electron chi connectivity index (χ0n) is 9.72. The van der Waals surface area contributed by atoms with Crippen molar-refractivity contribution in [2.45, 2.75) is 26.4 Å². The normalized spacial score (nSPS) is 12.7. The Hall–Kier alpha value is -1.61. The van der Waals surface area contributed by atoms with Crippen LogP contribution in [0.2, 0.25) is 0 Å². The van der Waals surface area contributed by atoms with E-state index in [1.807, 2.05) is 29.9 Å². The van der Waals surface area contributed by atoms with E-state index in [0.717, 1.165) is 17.8 Å². The molecule has 2 rings (SSSR count). The van der Waals surface area contributed by atoms with Crippen LogP contribution in [0.1, 0.15) is 25.5 Å². The number of nitrogens with two attached hydrogens (primary N) is 1. The van der Waals surface area contributed by atoms with Gasteiger partial charge in [-0.25, -0.2) is 0 Å². The molecule has 1 atom stereocenters. The summed E-state index contributed by atoms with van der Waals surface area (Å²) in [5.41, 5.74) is 9.36. The second-order valence-corrected chi connectivity index (χ2v) is 3.95.